The van der Waals surface area contributed by atoms with Gasteiger partial charge in [-0.2, -0.15) is 0 Å². The summed E-state index contributed by atoms with van der Waals surface area (Å²) in [6, 6.07) is 5.42. The quantitative estimate of drug-likeness (QED) is 0.627. The highest BCUT2D eigenvalue weighted by Crippen LogP contribution is 2.54. The van der Waals surface area contributed by atoms with Crippen molar-refractivity contribution in [2.75, 3.05) is 0 Å². The predicted octanol–water partition coefficient (Wildman–Crippen LogP) is 4.28. The van der Waals surface area contributed by atoms with E-state index in [9.17, 15) is 0 Å². The lowest BCUT2D eigenvalue weighted by Gasteiger charge is -2.25. The van der Waals surface area contributed by atoms with Crippen LogP contribution in [0.25, 0.3) is 0 Å². The van der Waals surface area contributed by atoms with Crippen LogP contribution in [0.3, 0.4) is 0 Å². The fourth-order valence-corrected chi connectivity index (χ4v) is 2.69. The Labute approximate surface area is 87.5 Å². The highest BCUT2D eigenvalue weighted by molar-refractivity contribution is 7.76. The van der Waals surface area contributed by atoms with Crippen LogP contribution in [0.1, 0.15) is 18.6 Å². The molecule has 0 radical (unpaired) electrons. The molecular formula is C8H7Cl2O2P. The van der Waals surface area contributed by atoms with Gasteiger partial charge in [-0.25, -0.2) is 0 Å². The van der Waals surface area contributed by atoms with Crippen LogP contribution in [0.5, 0.6) is 5.75 Å². The van der Waals surface area contributed by atoms with Crippen molar-refractivity contribution in [1.29, 1.82) is 0 Å². The fraction of sp³-hybridized carbons (Fsp3) is 0.250. The third-order valence-corrected chi connectivity index (χ3v) is 3.32. The first-order chi connectivity index (χ1) is 6.16. The molecule has 2 atom stereocenters. The molecule has 0 aromatic heterocycles. The molecule has 0 spiro atoms. The van der Waals surface area contributed by atoms with Crippen molar-refractivity contribution in [2.24, 2.45) is 0 Å². The van der Waals surface area contributed by atoms with Crippen molar-refractivity contribution >= 4 is 30.6 Å². The summed E-state index contributed by atoms with van der Waals surface area (Å²) in [7, 11) is -1.30. The Morgan fingerprint density at radius 2 is 2.23 bits per heavy atom. The maximum Gasteiger partial charge on any atom is 0.338 e. The third-order valence-electron chi connectivity index (χ3n) is 1.82. The summed E-state index contributed by atoms with van der Waals surface area (Å²) >= 11 is 11.6. The Morgan fingerprint density at radius 3 is 3.00 bits per heavy atom. The molecule has 2 rings (SSSR count). The molecule has 70 valence electrons. The van der Waals surface area contributed by atoms with Crippen LogP contribution < -0.4 is 4.52 Å². The Balaban J connectivity index is 2.43. The van der Waals surface area contributed by atoms with Crippen LogP contribution in [-0.2, 0) is 4.52 Å². The van der Waals surface area contributed by atoms with Gasteiger partial charge in [0.2, 0.25) is 0 Å². The lowest BCUT2D eigenvalue weighted by Crippen LogP contribution is -2.05. The SMILES string of the molecule is CC1OP(Cl)Oc2ccc(Cl)cc21. The van der Waals surface area contributed by atoms with E-state index in [0.717, 1.165) is 11.3 Å². The maximum absolute atomic E-state index is 5.84. The summed E-state index contributed by atoms with van der Waals surface area (Å²) in [5.74, 6) is 0.768. The molecule has 0 fully saturated rings. The molecule has 0 saturated carbocycles. The van der Waals surface area contributed by atoms with Gasteiger partial charge in [0.15, 0.2) is 0 Å². The maximum atomic E-state index is 5.84. The Hall–Kier alpha value is -0.0100. The third kappa shape index (κ3) is 1.92. The Morgan fingerprint density at radius 1 is 1.46 bits per heavy atom. The van der Waals surface area contributed by atoms with E-state index in [1.807, 2.05) is 19.1 Å². The molecule has 1 aromatic rings. The largest absolute Gasteiger partial charge is 0.436 e. The monoisotopic (exact) mass is 236 g/mol. The van der Waals surface area contributed by atoms with Crippen molar-refractivity contribution in [1.82, 2.24) is 0 Å². The summed E-state index contributed by atoms with van der Waals surface area (Å²) in [6.07, 6.45) is -0.0499. The molecule has 0 bridgehead atoms. The van der Waals surface area contributed by atoms with E-state index in [4.69, 9.17) is 31.9 Å². The number of halogens is 2. The first-order valence-corrected chi connectivity index (χ1v) is 6.23. The summed E-state index contributed by atoms with van der Waals surface area (Å²) < 4.78 is 10.6. The first kappa shape index (κ1) is 9.54. The number of rotatable bonds is 0. The summed E-state index contributed by atoms with van der Waals surface area (Å²) in [6.45, 7) is 1.93. The minimum atomic E-state index is -1.30. The van der Waals surface area contributed by atoms with E-state index in [1.54, 1.807) is 6.07 Å². The van der Waals surface area contributed by atoms with Crippen LogP contribution in [0.4, 0.5) is 0 Å². The molecular weight excluding hydrogens is 230 g/mol. The number of hydrogen-bond acceptors (Lipinski definition) is 2. The van der Waals surface area contributed by atoms with E-state index in [-0.39, 0.29) is 6.10 Å². The lowest BCUT2D eigenvalue weighted by molar-refractivity contribution is 0.215. The van der Waals surface area contributed by atoms with Gasteiger partial charge in [0, 0.05) is 10.6 Å². The van der Waals surface area contributed by atoms with Gasteiger partial charge in [-0.1, -0.05) is 11.6 Å². The van der Waals surface area contributed by atoms with E-state index in [0.29, 0.717) is 5.02 Å². The van der Waals surface area contributed by atoms with Crippen molar-refractivity contribution < 1.29 is 9.05 Å². The van der Waals surface area contributed by atoms with E-state index in [2.05, 4.69) is 0 Å². The zero-order valence-electron chi connectivity index (χ0n) is 6.83. The standard InChI is InChI=1S/C8H7Cl2O2P/c1-5-7-4-6(9)2-3-8(7)12-13(10)11-5/h2-5H,1H3. The van der Waals surface area contributed by atoms with Gasteiger partial charge in [0.1, 0.15) is 5.75 Å². The zero-order valence-corrected chi connectivity index (χ0v) is 9.24. The van der Waals surface area contributed by atoms with Crippen molar-refractivity contribution in [2.45, 2.75) is 13.0 Å². The van der Waals surface area contributed by atoms with E-state index in [1.165, 1.54) is 0 Å². The molecule has 13 heavy (non-hydrogen) atoms. The van der Waals surface area contributed by atoms with Gasteiger partial charge in [0.25, 0.3) is 0 Å². The number of benzene rings is 1. The lowest BCUT2D eigenvalue weighted by atomic mass is 10.1. The molecule has 1 aliphatic rings. The van der Waals surface area contributed by atoms with Crippen LogP contribution >= 0.6 is 30.6 Å². The molecule has 0 N–H and O–H groups in total. The minimum absolute atomic E-state index is 0.0499. The molecule has 1 aliphatic heterocycles. The highest BCUT2D eigenvalue weighted by Gasteiger charge is 2.25. The normalized spacial score (nSPS) is 26.4. The van der Waals surface area contributed by atoms with Crippen molar-refractivity contribution in [3.63, 3.8) is 0 Å². The van der Waals surface area contributed by atoms with Gasteiger partial charge in [0.05, 0.1) is 6.10 Å². The van der Waals surface area contributed by atoms with Crippen LogP contribution in [-0.4, -0.2) is 0 Å². The Kier molecular flexibility index (Phi) is 2.66. The van der Waals surface area contributed by atoms with Gasteiger partial charge < -0.3 is 9.05 Å². The van der Waals surface area contributed by atoms with Crippen molar-refractivity contribution in [3.8, 4) is 5.75 Å². The summed E-state index contributed by atoms with van der Waals surface area (Å²) in [5.41, 5.74) is 0.951. The van der Waals surface area contributed by atoms with Crippen molar-refractivity contribution in [3.05, 3.63) is 28.8 Å². The van der Waals surface area contributed by atoms with E-state index >= 15 is 0 Å². The second kappa shape index (κ2) is 3.62. The Bertz CT molecular complexity index is 332. The van der Waals surface area contributed by atoms with E-state index < -0.39 is 7.73 Å². The molecule has 0 saturated heterocycles. The smallest absolute Gasteiger partial charge is 0.338 e. The molecule has 2 unspecified atom stereocenters. The second-order valence-corrected chi connectivity index (χ2v) is 4.82. The number of fused-ring (bicyclic) bond motifs is 1. The molecule has 0 aliphatic carbocycles. The highest BCUT2D eigenvalue weighted by atomic mass is 35.7. The fourth-order valence-electron chi connectivity index (χ4n) is 1.20. The predicted molar refractivity (Wildman–Crippen MR) is 54.4 cm³/mol. The average Bonchev–Trinajstić information content (AvgIpc) is 2.06. The van der Waals surface area contributed by atoms with Gasteiger partial charge >= 0.3 is 7.73 Å². The minimum Gasteiger partial charge on any atom is -0.436 e. The van der Waals surface area contributed by atoms with Crippen LogP contribution in [0.15, 0.2) is 18.2 Å². The van der Waals surface area contributed by atoms with Gasteiger partial charge in [-0.05, 0) is 36.4 Å². The summed E-state index contributed by atoms with van der Waals surface area (Å²) in [5, 5.41) is 0.679. The average molecular weight is 237 g/mol. The molecule has 0 amide bonds. The zero-order chi connectivity index (χ0) is 9.42. The molecule has 1 aromatic carbocycles. The van der Waals surface area contributed by atoms with Gasteiger partial charge in [-0.15, -0.1) is 0 Å². The van der Waals surface area contributed by atoms with Crippen LogP contribution in [0.2, 0.25) is 5.02 Å². The number of hydrogen-bond donors (Lipinski definition) is 0. The molecule has 1 heterocycles. The topological polar surface area (TPSA) is 18.5 Å². The molecule has 5 heteroatoms. The summed E-state index contributed by atoms with van der Waals surface area (Å²) in [4.78, 5) is 0. The first-order valence-electron chi connectivity index (χ1n) is 3.77. The second-order valence-electron chi connectivity index (χ2n) is 2.73. The van der Waals surface area contributed by atoms with Gasteiger partial charge in [-0.3, -0.25) is 0 Å². The molecule has 2 nitrogen and oxygen atoms in total. The van der Waals surface area contributed by atoms with Crippen LogP contribution in [0, 0.1) is 0 Å².